The summed E-state index contributed by atoms with van der Waals surface area (Å²) < 4.78 is 27.7. The molecule has 1 aromatic heterocycles. The van der Waals surface area contributed by atoms with Crippen molar-refractivity contribution in [3.05, 3.63) is 23.7 Å². The van der Waals surface area contributed by atoms with Crippen LogP contribution in [0, 0.1) is 6.92 Å². The van der Waals surface area contributed by atoms with Gasteiger partial charge in [-0.1, -0.05) is 6.92 Å². The van der Waals surface area contributed by atoms with E-state index in [2.05, 4.69) is 0 Å². The van der Waals surface area contributed by atoms with Gasteiger partial charge in [-0.3, -0.25) is 0 Å². The summed E-state index contributed by atoms with van der Waals surface area (Å²) in [6.45, 7) is 3.52. The zero-order chi connectivity index (χ0) is 12.2. The molecule has 2 N–H and O–H groups in total. The minimum atomic E-state index is -2.87. The van der Waals surface area contributed by atoms with Gasteiger partial charge in [0, 0.05) is 17.4 Å². The van der Waals surface area contributed by atoms with Crippen LogP contribution in [0.1, 0.15) is 37.1 Å². The Labute approximate surface area is 96.7 Å². The molecule has 16 heavy (non-hydrogen) atoms. The molecule has 0 spiro atoms. The summed E-state index contributed by atoms with van der Waals surface area (Å²) in [4.78, 5) is 0. The van der Waals surface area contributed by atoms with Crippen molar-refractivity contribution in [2.24, 2.45) is 5.73 Å². The third-order valence-corrected chi connectivity index (χ3v) is 4.50. The van der Waals surface area contributed by atoms with E-state index in [1.54, 1.807) is 13.2 Å². The average Bonchev–Trinajstić information content (AvgIpc) is 2.64. The second-order valence-corrected chi connectivity index (χ2v) is 6.39. The molecule has 0 radical (unpaired) electrons. The normalized spacial score (nSPS) is 13.9. The van der Waals surface area contributed by atoms with Gasteiger partial charge in [-0.05, 0) is 25.8 Å². The molecule has 0 saturated carbocycles. The van der Waals surface area contributed by atoms with Crippen molar-refractivity contribution < 1.29 is 12.8 Å². The van der Waals surface area contributed by atoms with E-state index in [9.17, 15) is 8.42 Å². The van der Waals surface area contributed by atoms with Crippen LogP contribution in [0.2, 0.25) is 0 Å². The van der Waals surface area contributed by atoms with Gasteiger partial charge in [-0.25, -0.2) is 8.42 Å². The lowest BCUT2D eigenvalue weighted by atomic mass is 10.0. The van der Waals surface area contributed by atoms with Crippen molar-refractivity contribution in [3.8, 4) is 0 Å². The Hall–Kier alpha value is -0.810. The fourth-order valence-electron chi connectivity index (χ4n) is 1.60. The van der Waals surface area contributed by atoms with E-state index in [0.717, 1.165) is 11.3 Å². The molecule has 0 amide bonds. The van der Waals surface area contributed by atoms with Crippen LogP contribution < -0.4 is 5.73 Å². The van der Waals surface area contributed by atoms with Gasteiger partial charge in [0.15, 0.2) is 0 Å². The smallest absolute Gasteiger partial charge is 0.150 e. The van der Waals surface area contributed by atoms with Crippen molar-refractivity contribution in [2.75, 3.05) is 11.5 Å². The van der Waals surface area contributed by atoms with E-state index < -0.39 is 9.84 Å². The lowest BCUT2D eigenvalue weighted by molar-refractivity contribution is 0.519. The van der Waals surface area contributed by atoms with Crippen LogP contribution in [-0.2, 0) is 9.84 Å². The van der Waals surface area contributed by atoms with Crippen LogP contribution in [0.25, 0.3) is 0 Å². The fraction of sp³-hybridized carbons (Fsp3) is 0.636. The average molecular weight is 245 g/mol. The van der Waals surface area contributed by atoms with Gasteiger partial charge in [0.05, 0.1) is 12.0 Å². The van der Waals surface area contributed by atoms with Gasteiger partial charge in [-0.2, -0.15) is 0 Å². The third kappa shape index (κ3) is 3.64. The zero-order valence-corrected chi connectivity index (χ0v) is 10.6. The van der Waals surface area contributed by atoms with Gasteiger partial charge >= 0.3 is 0 Å². The monoisotopic (exact) mass is 245 g/mol. The van der Waals surface area contributed by atoms with E-state index in [1.165, 1.54) is 0 Å². The van der Waals surface area contributed by atoms with Crippen molar-refractivity contribution >= 4 is 9.84 Å². The molecular formula is C11H19NO3S. The van der Waals surface area contributed by atoms with E-state index >= 15 is 0 Å². The summed E-state index contributed by atoms with van der Waals surface area (Å²) in [5.41, 5.74) is 6.92. The van der Waals surface area contributed by atoms with Crippen LogP contribution in [0.15, 0.2) is 16.7 Å². The molecule has 1 heterocycles. The van der Waals surface area contributed by atoms with Crippen LogP contribution in [0.5, 0.6) is 0 Å². The van der Waals surface area contributed by atoms with Crippen molar-refractivity contribution in [1.82, 2.24) is 0 Å². The molecule has 0 aliphatic carbocycles. The van der Waals surface area contributed by atoms with Crippen molar-refractivity contribution in [1.29, 1.82) is 0 Å². The molecule has 4 nitrogen and oxygen atoms in total. The van der Waals surface area contributed by atoms with Gasteiger partial charge in [0.25, 0.3) is 0 Å². The first-order valence-corrected chi connectivity index (χ1v) is 7.28. The van der Waals surface area contributed by atoms with Crippen LogP contribution in [0.3, 0.4) is 0 Å². The number of hydrogen-bond acceptors (Lipinski definition) is 4. The maximum absolute atomic E-state index is 11.3. The fourth-order valence-corrected chi connectivity index (χ4v) is 2.50. The lowest BCUT2D eigenvalue weighted by Gasteiger charge is -2.10. The Morgan fingerprint density at radius 2 is 2.19 bits per heavy atom. The summed E-state index contributed by atoms with van der Waals surface area (Å²) in [6.07, 6.45) is 2.87. The first-order valence-electron chi connectivity index (χ1n) is 5.46. The van der Waals surface area contributed by atoms with Crippen LogP contribution in [0.4, 0.5) is 0 Å². The number of nitrogens with two attached hydrogens (primary N) is 1. The third-order valence-electron chi connectivity index (χ3n) is 2.71. The standard InChI is InChI=1S/C11H19NO3S/c1-3-16(13,14)8-4-5-11(12)10-6-7-15-9(10)2/h6-7,11H,3-5,8,12H2,1-2H3. The molecule has 1 aromatic rings. The van der Waals surface area contributed by atoms with Crippen LogP contribution in [-0.4, -0.2) is 19.9 Å². The highest BCUT2D eigenvalue weighted by Crippen LogP contribution is 2.20. The molecular weight excluding hydrogens is 226 g/mol. The zero-order valence-electron chi connectivity index (χ0n) is 9.77. The first kappa shape index (κ1) is 13.3. The van der Waals surface area contributed by atoms with Crippen LogP contribution >= 0.6 is 0 Å². The van der Waals surface area contributed by atoms with Gasteiger partial charge in [0.2, 0.25) is 0 Å². The van der Waals surface area contributed by atoms with Crippen molar-refractivity contribution in [3.63, 3.8) is 0 Å². The van der Waals surface area contributed by atoms with E-state index in [-0.39, 0.29) is 17.5 Å². The highest BCUT2D eigenvalue weighted by atomic mass is 32.2. The summed E-state index contributed by atoms with van der Waals surface area (Å²) in [5.74, 6) is 1.23. The predicted octanol–water partition coefficient (Wildman–Crippen LogP) is 1.80. The topological polar surface area (TPSA) is 73.3 Å². The summed E-state index contributed by atoms with van der Waals surface area (Å²) in [6, 6.07) is 1.71. The van der Waals surface area contributed by atoms with Gasteiger partial charge in [-0.15, -0.1) is 0 Å². The maximum Gasteiger partial charge on any atom is 0.150 e. The lowest BCUT2D eigenvalue weighted by Crippen LogP contribution is -2.14. The van der Waals surface area contributed by atoms with Gasteiger partial charge in [0.1, 0.15) is 15.6 Å². The molecule has 0 saturated heterocycles. The minimum absolute atomic E-state index is 0.134. The maximum atomic E-state index is 11.3. The molecule has 5 heteroatoms. The second kappa shape index (κ2) is 5.50. The first-order chi connectivity index (χ1) is 7.46. The predicted molar refractivity (Wildman–Crippen MR) is 63.9 cm³/mol. The molecule has 0 aromatic carbocycles. The quantitative estimate of drug-likeness (QED) is 0.829. The molecule has 92 valence electrons. The highest BCUT2D eigenvalue weighted by Gasteiger charge is 2.13. The van der Waals surface area contributed by atoms with Gasteiger partial charge < -0.3 is 10.2 Å². The van der Waals surface area contributed by atoms with E-state index in [4.69, 9.17) is 10.2 Å². The Kier molecular flexibility index (Phi) is 4.56. The Morgan fingerprint density at radius 1 is 1.50 bits per heavy atom. The summed E-state index contributed by atoms with van der Waals surface area (Å²) >= 11 is 0. The summed E-state index contributed by atoms with van der Waals surface area (Å²) in [5, 5.41) is 0. The number of aryl methyl sites for hydroxylation is 1. The van der Waals surface area contributed by atoms with Crippen molar-refractivity contribution in [2.45, 2.75) is 32.7 Å². The number of sulfone groups is 1. The molecule has 1 unspecified atom stereocenters. The number of furan rings is 1. The second-order valence-electron chi connectivity index (χ2n) is 3.92. The molecule has 0 aliphatic rings. The largest absolute Gasteiger partial charge is 0.469 e. The van der Waals surface area contributed by atoms with E-state index in [0.29, 0.717) is 12.8 Å². The SMILES string of the molecule is CCS(=O)(=O)CCCC(N)c1ccoc1C. The summed E-state index contributed by atoms with van der Waals surface area (Å²) in [7, 11) is -2.87. The minimum Gasteiger partial charge on any atom is -0.469 e. The van der Waals surface area contributed by atoms with E-state index in [1.807, 2.05) is 13.0 Å². The number of hydrogen-bond donors (Lipinski definition) is 1. The highest BCUT2D eigenvalue weighted by molar-refractivity contribution is 7.91. The number of rotatable bonds is 6. The molecule has 1 rings (SSSR count). The Bertz CT molecular complexity index is 422. The Balaban J connectivity index is 2.43. The molecule has 0 bridgehead atoms. The molecule has 0 fully saturated rings. The molecule has 1 atom stereocenters. The molecule has 0 aliphatic heterocycles. The Morgan fingerprint density at radius 3 is 2.69 bits per heavy atom.